The lowest BCUT2D eigenvalue weighted by Crippen LogP contribution is -2.46. The smallest absolute Gasteiger partial charge is 0.224 e. The molecule has 1 aliphatic rings. The van der Waals surface area contributed by atoms with Crippen LogP contribution < -0.4 is 16.0 Å². The summed E-state index contributed by atoms with van der Waals surface area (Å²) in [5, 5.41) is 9.03. The highest BCUT2D eigenvalue weighted by atomic mass is 16.2. The Morgan fingerprint density at radius 2 is 2.00 bits per heavy atom. The van der Waals surface area contributed by atoms with Gasteiger partial charge in [0, 0.05) is 25.6 Å². The molecule has 1 aromatic rings. The highest BCUT2D eigenvalue weighted by molar-refractivity contribution is 5.80. The topological polar surface area (TPSA) is 70.2 Å². The second kappa shape index (κ2) is 8.42. The van der Waals surface area contributed by atoms with Gasteiger partial charge in [0.05, 0.1) is 6.42 Å². The third-order valence-electron chi connectivity index (χ3n) is 3.54. The van der Waals surface area contributed by atoms with Gasteiger partial charge < -0.3 is 16.0 Å². The molecule has 0 unspecified atom stereocenters. The molecule has 1 aliphatic heterocycles. The van der Waals surface area contributed by atoms with Crippen molar-refractivity contribution in [2.75, 3.05) is 19.6 Å². The third-order valence-corrected chi connectivity index (χ3v) is 3.54. The molecule has 1 fully saturated rings. The van der Waals surface area contributed by atoms with Crippen LogP contribution in [0.3, 0.4) is 0 Å². The maximum atomic E-state index is 11.8. The highest BCUT2D eigenvalue weighted by Gasteiger charge is 2.15. The van der Waals surface area contributed by atoms with Crippen molar-refractivity contribution in [3.8, 4) is 0 Å². The molecule has 1 saturated heterocycles. The van der Waals surface area contributed by atoms with Gasteiger partial charge in [-0.3, -0.25) is 9.59 Å². The molecule has 5 nitrogen and oxygen atoms in total. The molecule has 0 saturated carbocycles. The summed E-state index contributed by atoms with van der Waals surface area (Å²) >= 11 is 0. The Kier molecular flexibility index (Phi) is 6.22. The Balaban J connectivity index is 1.60. The molecule has 1 aromatic carbocycles. The van der Waals surface area contributed by atoms with Crippen molar-refractivity contribution in [1.82, 2.24) is 16.0 Å². The van der Waals surface area contributed by atoms with Gasteiger partial charge in [-0.15, -0.1) is 0 Å². The molecule has 0 bridgehead atoms. The van der Waals surface area contributed by atoms with Crippen molar-refractivity contribution >= 4 is 11.8 Å². The second-order valence-electron chi connectivity index (χ2n) is 5.37. The average Bonchev–Trinajstić information content (AvgIpc) is 2.49. The first-order valence-corrected chi connectivity index (χ1v) is 7.55. The molecule has 21 heavy (non-hydrogen) atoms. The molecule has 0 aliphatic carbocycles. The molecular weight excluding hydrogens is 266 g/mol. The van der Waals surface area contributed by atoms with E-state index in [0.717, 1.165) is 31.5 Å². The Hall–Kier alpha value is -1.88. The van der Waals surface area contributed by atoms with E-state index in [2.05, 4.69) is 16.0 Å². The number of amides is 2. The van der Waals surface area contributed by atoms with Crippen molar-refractivity contribution in [2.24, 2.45) is 0 Å². The van der Waals surface area contributed by atoms with E-state index in [4.69, 9.17) is 0 Å². The monoisotopic (exact) mass is 289 g/mol. The Morgan fingerprint density at radius 3 is 2.71 bits per heavy atom. The summed E-state index contributed by atoms with van der Waals surface area (Å²) in [4.78, 5) is 23.5. The van der Waals surface area contributed by atoms with Crippen LogP contribution in [-0.4, -0.2) is 37.5 Å². The Labute approximate surface area is 125 Å². The molecule has 114 valence electrons. The molecule has 0 spiro atoms. The van der Waals surface area contributed by atoms with E-state index >= 15 is 0 Å². The number of carbonyl (C=O) groups is 2. The van der Waals surface area contributed by atoms with Gasteiger partial charge in [-0.1, -0.05) is 30.3 Å². The summed E-state index contributed by atoms with van der Waals surface area (Å²) in [6, 6.07) is 9.81. The van der Waals surface area contributed by atoms with E-state index in [1.165, 1.54) is 0 Å². The van der Waals surface area contributed by atoms with Crippen molar-refractivity contribution in [3.05, 3.63) is 35.9 Å². The first-order valence-electron chi connectivity index (χ1n) is 7.55. The van der Waals surface area contributed by atoms with Gasteiger partial charge in [0.2, 0.25) is 11.8 Å². The van der Waals surface area contributed by atoms with E-state index in [-0.39, 0.29) is 17.9 Å². The zero-order chi connectivity index (χ0) is 14.9. The van der Waals surface area contributed by atoms with Crippen LogP contribution in [0.25, 0.3) is 0 Å². The maximum Gasteiger partial charge on any atom is 0.224 e. The van der Waals surface area contributed by atoms with E-state index in [9.17, 15) is 9.59 Å². The number of hydrogen-bond acceptors (Lipinski definition) is 3. The SMILES string of the molecule is O=C(Cc1ccccc1)NCCC(=O)N[C@H]1CCCNC1. The lowest BCUT2D eigenvalue weighted by molar-refractivity contribution is -0.122. The normalized spacial score (nSPS) is 18.0. The first-order chi connectivity index (χ1) is 10.2. The van der Waals surface area contributed by atoms with Gasteiger partial charge in [0.1, 0.15) is 0 Å². The van der Waals surface area contributed by atoms with Crippen LogP contribution in [0.4, 0.5) is 0 Å². The second-order valence-corrected chi connectivity index (χ2v) is 5.37. The Bertz CT molecular complexity index is 456. The molecule has 1 atom stereocenters. The first kappa shape index (κ1) is 15.5. The fraction of sp³-hybridized carbons (Fsp3) is 0.500. The minimum Gasteiger partial charge on any atom is -0.355 e. The fourth-order valence-electron chi connectivity index (χ4n) is 2.43. The third kappa shape index (κ3) is 5.95. The minimum absolute atomic E-state index is 0.00344. The Morgan fingerprint density at radius 1 is 1.19 bits per heavy atom. The number of piperidine rings is 1. The van der Waals surface area contributed by atoms with Crippen LogP contribution in [0.1, 0.15) is 24.8 Å². The van der Waals surface area contributed by atoms with Gasteiger partial charge in [-0.25, -0.2) is 0 Å². The average molecular weight is 289 g/mol. The van der Waals surface area contributed by atoms with Crippen molar-refractivity contribution in [1.29, 1.82) is 0 Å². The van der Waals surface area contributed by atoms with Gasteiger partial charge >= 0.3 is 0 Å². The van der Waals surface area contributed by atoms with Crippen LogP contribution in [0, 0.1) is 0 Å². The lowest BCUT2D eigenvalue weighted by atomic mass is 10.1. The van der Waals surface area contributed by atoms with E-state index in [1.54, 1.807) is 0 Å². The van der Waals surface area contributed by atoms with Crippen molar-refractivity contribution in [3.63, 3.8) is 0 Å². The number of carbonyl (C=O) groups excluding carboxylic acids is 2. The van der Waals surface area contributed by atoms with E-state index in [1.807, 2.05) is 30.3 Å². The predicted molar refractivity (Wildman–Crippen MR) is 81.8 cm³/mol. The number of hydrogen-bond donors (Lipinski definition) is 3. The molecule has 1 heterocycles. The summed E-state index contributed by atoms with van der Waals surface area (Å²) in [5.41, 5.74) is 0.979. The summed E-state index contributed by atoms with van der Waals surface area (Å²) in [6.07, 6.45) is 2.81. The van der Waals surface area contributed by atoms with Crippen LogP contribution in [0.5, 0.6) is 0 Å². The van der Waals surface area contributed by atoms with E-state index < -0.39 is 0 Å². The fourth-order valence-corrected chi connectivity index (χ4v) is 2.43. The van der Waals surface area contributed by atoms with Crippen molar-refractivity contribution in [2.45, 2.75) is 31.7 Å². The predicted octanol–water partition coefficient (Wildman–Crippen LogP) is 0.604. The van der Waals surface area contributed by atoms with Crippen LogP contribution >= 0.6 is 0 Å². The zero-order valence-electron chi connectivity index (χ0n) is 12.2. The largest absolute Gasteiger partial charge is 0.355 e. The molecule has 5 heteroatoms. The summed E-state index contributed by atoms with van der Waals surface area (Å²) in [5.74, 6) is -0.0444. The molecular formula is C16H23N3O2. The lowest BCUT2D eigenvalue weighted by Gasteiger charge is -2.23. The molecule has 2 amide bonds. The van der Waals surface area contributed by atoms with Crippen LogP contribution in [0.15, 0.2) is 30.3 Å². The highest BCUT2D eigenvalue weighted by Crippen LogP contribution is 2.01. The molecule has 2 rings (SSSR count). The quantitative estimate of drug-likeness (QED) is 0.718. The van der Waals surface area contributed by atoms with Gasteiger partial charge in [-0.2, -0.15) is 0 Å². The number of nitrogens with one attached hydrogen (secondary N) is 3. The molecule has 3 N–H and O–H groups in total. The zero-order valence-corrected chi connectivity index (χ0v) is 12.2. The minimum atomic E-state index is -0.0478. The number of benzene rings is 1. The maximum absolute atomic E-state index is 11.8. The van der Waals surface area contributed by atoms with Crippen LogP contribution in [-0.2, 0) is 16.0 Å². The van der Waals surface area contributed by atoms with E-state index in [0.29, 0.717) is 19.4 Å². The molecule has 0 radical (unpaired) electrons. The summed E-state index contributed by atoms with van der Waals surface area (Å²) in [7, 11) is 0. The summed E-state index contributed by atoms with van der Waals surface area (Å²) < 4.78 is 0. The van der Waals surface area contributed by atoms with Crippen molar-refractivity contribution < 1.29 is 9.59 Å². The van der Waals surface area contributed by atoms with Crippen LogP contribution in [0.2, 0.25) is 0 Å². The van der Waals surface area contributed by atoms with Gasteiger partial charge in [0.25, 0.3) is 0 Å². The molecule has 0 aromatic heterocycles. The van der Waals surface area contributed by atoms with Gasteiger partial charge in [0.15, 0.2) is 0 Å². The standard InChI is InChI=1S/C16H23N3O2/c20-15(19-14-7-4-9-17-12-14)8-10-18-16(21)11-13-5-2-1-3-6-13/h1-3,5-6,14,17H,4,7-12H2,(H,18,21)(H,19,20)/t14-/m0/s1. The number of rotatable bonds is 6. The van der Waals surface area contributed by atoms with Gasteiger partial charge in [-0.05, 0) is 24.9 Å². The summed E-state index contributed by atoms with van der Waals surface area (Å²) in [6.45, 7) is 2.26.